The van der Waals surface area contributed by atoms with Gasteiger partial charge in [-0.25, -0.2) is 0 Å². The van der Waals surface area contributed by atoms with Crippen molar-refractivity contribution in [3.8, 4) is 33.8 Å². The predicted octanol–water partition coefficient (Wildman–Crippen LogP) is 10.7. The highest BCUT2D eigenvalue weighted by atomic mass is 32.2. The number of hydrogen-bond donors (Lipinski definition) is 1. The van der Waals surface area contributed by atoms with E-state index in [1.54, 1.807) is 24.3 Å². The number of anilines is 1. The minimum absolute atomic E-state index is 0.123. The summed E-state index contributed by atoms with van der Waals surface area (Å²) < 4.78 is 57.1. The van der Waals surface area contributed by atoms with Gasteiger partial charge in [0.15, 0.2) is 12.3 Å². The SMILES string of the molecule is CCC(=Cc1oc2ccc(-c3ccccc3)cc2[n+]1CCC(c1ccccc1)S(=O)(=O)O)C=C1Oc2ccc(-c3ccccc3)cc2N1CCOc1ccccc1. The zero-order valence-electron chi connectivity index (χ0n) is 31.6. The van der Waals surface area contributed by atoms with Crippen LogP contribution >= 0.6 is 0 Å². The van der Waals surface area contributed by atoms with Crippen LogP contribution < -0.4 is 18.9 Å². The van der Waals surface area contributed by atoms with Gasteiger partial charge in [-0.05, 0) is 70.1 Å². The zero-order valence-corrected chi connectivity index (χ0v) is 32.4. The molecule has 1 N–H and O–H groups in total. The van der Waals surface area contributed by atoms with E-state index >= 15 is 0 Å². The molecule has 286 valence electrons. The first-order valence-electron chi connectivity index (χ1n) is 19.1. The number of fused-ring (bicyclic) bond motifs is 2. The lowest BCUT2D eigenvalue weighted by Crippen LogP contribution is -2.37. The van der Waals surface area contributed by atoms with E-state index in [1.807, 2.05) is 108 Å². The zero-order chi connectivity index (χ0) is 39.2. The minimum Gasteiger partial charge on any atom is -0.492 e. The number of hydrogen-bond acceptors (Lipinski definition) is 6. The van der Waals surface area contributed by atoms with Crippen molar-refractivity contribution in [2.24, 2.45) is 0 Å². The quantitative estimate of drug-likeness (QED) is 0.0868. The number of ether oxygens (including phenoxy) is 2. The van der Waals surface area contributed by atoms with Crippen LogP contribution in [0.3, 0.4) is 0 Å². The van der Waals surface area contributed by atoms with Gasteiger partial charge in [0.2, 0.25) is 11.5 Å². The number of benzene rings is 6. The topological polar surface area (TPSA) is 93.1 Å². The lowest BCUT2D eigenvalue weighted by Gasteiger charge is -2.19. The fraction of sp³-hybridized carbons (Fsp3) is 0.146. The van der Waals surface area contributed by atoms with Crippen LogP contribution in [-0.2, 0) is 16.7 Å². The molecule has 0 fully saturated rings. The maximum Gasteiger partial charge on any atom is 0.374 e. The van der Waals surface area contributed by atoms with Crippen LogP contribution in [0.15, 0.2) is 180 Å². The van der Waals surface area contributed by atoms with Gasteiger partial charge in [-0.1, -0.05) is 128 Å². The van der Waals surface area contributed by atoms with Crippen molar-refractivity contribution >= 4 is 33.0 Å². The van der Waals surface area contributed by atoms with Gasteiger partial charge < -0.3 is 18.8 Å². The Balaban J connectivity index is 1.18. The summed E-state index contributed by atoms with van der Waals surface area (Å²) in [6.45, 7) is 3.30. The van der Waals surface area contributed by atoms with Gasteiger partial charge in [0, 0.05) is 18.6 Å². The molecule has 7 aromatic rings. The Labute approximate surface area is 333 Å². The molecule has 6 aromatic carbocycles. The first-order valence-corrected chi connectivity index (χ1v) is 20.6. The number of aryl methyl sites for hydroxylation is 1. The molecule has 9 heteroatoms. The highest BCUT2D eigenvalue weighted by Crippen LogP contribution is 2.42. The van der Waals surface area contributed by atoms with E-state index in [0.717, 1.165) is 50.5 Å². The van der Waals surface area contributed by atoms with Crippen LogP contribution in [-0.4, -0.2) is 26.1 Å². The average Bonchev–Trinajstić information content (AvgIpc) is 3.77. The molecule has 0 saturated carbocycles. The molecule has 0 saturated heterocycles. The molecule has 8 rings (SSSR count). The number of allylic oxidation sites excluding steroid dienone is 2. The van der Waals surface area contributed by atoms with Gasteiger partial charge in [-0.15, -0.1) is 0 Å². The third-order valence-electron chi connectivity index (χ3n) is 10.2. The number of aromatic nitrogens is 1. The summed E-state index contributed by atoms with van der Waals surface area (Å²) in [5.74, 6) is 2.75. The summed E-state index contributed by atoms with van der Waals surface area (Å²) in [5.41, 5.74) is 8.11. The molecule has 1 aliphatic rings. The highest BCUT2D eigenvalue weighted by molar-refractivity contribution is 7.86. The van der Waals surface area contributed by atoms with Crippen molar-refractivity contribution in [3.63, 3.8) is 0 Å². The van der Waals surface area contributed by atoms with Crippen molar-refractivity contribution < 1.29 is 31.4 Å². The molecule has 0 amide bonds. The standard InChI is InChI=1S/C48H42N2O6S/c1-2-35(32-48-50(29-30-54-41-21-13-6-14-22-41)43-34-40(24-26-45(43)56-48)37-17-9-4-10-18-37)31-47-49(28-27-46(57(51,52)53)38-19-11-5-12-20-38)42-33-39(23-25-44(42)55-47)36-15-7-3-8-16-36/h3-26,31-34,46H,2,27-30H2,1H3/p+1. The van der Waals surface area contributed by atoms with Crippen LogP contribution in [0, 0.1) is 0 Å². The Morgan fingerprint density at radius 3 is 2.04 bits per heavy atom. The number of para-hydroxylation sites is 1. The lowest BCUT2D eigenvalue weighted by atomic mass is 10.0. The fourth-order valence-corrected chi connectivity index (χ4v) is 8.14. The number of nitrogens with zero attached hydrogens (tertiary/aromatic N) is 2. The van der Waals surface area contributed by atoms with Gasteiger partial charge in [-0.3, -0.25) is 4.55 Å². The number of oxazole rings is 1. The van der Waals surface area contributed by atoms with Crippen molar-refractivity contribution in [2.45, 2.75) is 31.6 Å². The van der Waals surface area contributed by atoms with E-state index in [9.17, 15) is 13.0 Å². The highest BCUT2D eigenvalue weighted by Gasteiger charge is 2.31. The summed E-state index contributed by atoms with van der Waals surface area (Å²) in [6, 6.07) is 51.2. The fourth-order valence-electron chi connectivity index (χ4n) is 7.23. The summed E-state index contributed by atoms with van der Waals surface area (Å²) in [4.78, 5) is 2.14. The maximum absolute atomic E-state index is 12.8. The molecule has 2 heterocycles. The molecular formula is C48H43N2O6S+. The predicted molar refractivity (Wildman–Crippen MR) is 225 cm³/mol. The third kappa shape index (κ3) is 8.55. The Kier molecular flexibility index (Phi) is 11.0. The molecule has 8 nitrogen and oxygen atoms in total. The van der Waals surface area contributed by atoms with Crippen LogP contribution in [0.4, 0.5) is 5.69 Å². The van der Waals surface area contributed by atoms with Crippen molar-refractivity contribution in [1.82, 2.24) is 0 Å². The van der Waals surface area contributed by atoms with Gasteiger partial charge in [0.05, 0.1) is 18.3 Å². The first-order chi connectivity index (χ1) is 27.8. The van der Waals surface area contributed by atoms with Gasteiger partial charge in [-0.2, -0.15) is 13.0 Å². The van der Waals surface area contributed by atoms with Gasteiger partial charge in [0.1, 0.15) is 17.6 Å². The molecule has 0 aliphatic carbocycles. The molecule has 57 heavy (non-hydrogen) atoms. The summed E-state index contributed by atoms with van der Waals surface area (Å²) in [7, 11) is -4.41. The summed E-state index contributed by atoms with van der Waals surface area (Å²) in [5, 5.41) is -1.11. The largest absolute Gasteiger partial charge is 0.492 e. The monoisotopic (exact) mass is 775 g/mol. The van der Waals surface area contributed by atoms with E-state index in [1.165, 1.54) is 0 Å². The van der Waals surface area contributed by atoms with Crippen LogP contribution in [0.2, 0.25) is 0 Å². The molecule has 0 bridgehead atoms. The second kappa shape index (κ2) is 16.8. The molecule has 0 spiro atoms. The van der Waals surface area contributed by atoms with Gasteiger partial charge >= 0.3 is 5.89 Å². The lowest BCUT2D eigenvalue weighted by molar-refractivity contribution is -0.678. The molecule has 1 aromatic heterocycles. The van der Waals surface area contributed by atoms with E-state index in [2.05, 4.69) is 54.3 Å². The molecule has 1 aliphatic heterocycles. The van der Waals surface area contributed by atoms with E-state index < -0.39 is 15.4 Å². The Morgan fingerprint density at radius 1 is 0.772 bits per heavy atom. The third-order valence-corrected chi connectivity index (χ3v) is 11.4. The Hall–Kier alpha value is -6.42. The van der Waals surface area contributed by atoms with E-state index in [-0.39, 0.29) is 13.0 Å². The summed E-state index contributed by atoms with van der Waals surface area (Å²) >= 11 is 0. The average molecular weight is 776 g/mol. The second-order valence-corrected chi connectivity index (χ2v) is 15.5. The second-order valence-electron chi connectivity index (χ2n) is 13.9. The van der Waals surface area contributed by atoms with Crippen LogP contribution in [0.25, 0.3) is 39.4 Å². The Bertz CT molecular complexity index is 2640. The maximum atomic E-state index is 12.8. The van der Waals surface area contributed by atoms with Crippen LogP contribution in [0.5, 0.6) is 11.5 Å². The molecule has 0 radical (unpaired) electrons. The van der Waals surface area contributed by atoms with E-state index in [4.69, 9.17) is 13.9 Å². The normalized spacial score (nSPS) is 14.1. The van der Waals surface area contributed by atoms with Crippen LogP contribution in [0.1, 0.15) is 36.5 Å². The summed E-state index contributed by atoms with van der Waals surface area (Å²) in [6.07, 6.45) is 4.79. The smallest absolute Gasteiger partial charge is 0.374 e. The number of rotatable bonds is 14. The van der Waals surface area contributed by atoms with E-state index in [0.29, 0.717) is 42.5 Å². The molecule has 1 unspecified atom stereocenters. The first kappa shape index (κ1) is 37.5. The molecule has 1 atom stereocenters. The molecular weight excluding hydrogens is 733 g/mol. The van der Waals surface area contributed by atoms with Crippen molar-refractivity contribution in [2.75, 3.05) is 18.1 Å². The van der Waals surface area contributed by atoms with Crippen molar-refractivity contribution in [1.29, 1.82) is 0 Å². The van der Waals surface area contributed by atoms with Crippen molar-refractivity contribution in [3.05, 3.63) is 187 Å². The minimum atomic E-state index is -4.41. The Morgan fingerprint density at radius 2 is 1.39 bits per heavy atom. The van der Waals surface area contributed by atoms with Gasteiger partial charge in [0.25, 0.3) is 15.6 Å².